The van der Waals surface area contributed by atoms with Crippen molar-refractivity contribution in [2.24, 2.45) is 0 Å². The Hall–Kier alpha value is -0.840. The SMILES string of the molecule is CCCC[C@]1(CC)NC(=S)N(c2ccc(Cl)cc2)N1. The number of anilines is 1. The van der Waals surface area contributed by atoms with E-state index in [0.717, 1.165) is 28.7 Å². The highest BCUT2D eigenvalue weighted by molar-refractivity contribution is 7.80. The van der Waals surface area contributed by atoms with Crippen LogP contribution in [0.25, 0.3) is 0 Å². The molecule has 0 aliphatic carbocycles. The molecule has 2 N–H and O–H groups in total. The van der Waals surface area contributed by atoms with Crippen molar-refractivity contribution in [1.82, 2.24) is 10.7 Å². The molecular formula is C14H20ClN3S. The van der Waals surface area contributed by atoms with Gasteiger partial charge >= 0.3 is 0 Å². The molecule has 0 spiro atoms. The number of hydrazine groups is 1. The topological polar surface area (TPSA) is 27.3 Å². The number of rotatable bonds is 5. The highest BCUT2D eigenvalue weighted by atomic mass is 35.5. The van der Waals surface area contributed by atoms with Gasteiger partial charge in [0.05, 0.1) is 5.69 Å². The molecule has 2 rings (SSSR count). The zero-order chi connectivity index (χ0) is 13.9. The van der Waals surface area contributed by atoms with Gasteiger partial charge in [-0.2, -0.15) is 0 Å². The normalized spacial score (nSPS) is 22.7. The Morgan fingerprint density at radius 3 is 2.53 bits per heavy atom. The molecule has 104 valence electrons. The second-order valence-electron chi connectivity index (χ2n) is 4.89. The average molecular weight is 298 g/mol. The Morgan fingerprint density at radius 2 is 1.95 bits per heavy atom. The second-order valence-corrected chi connectivity index (χ2v) is 5.72. The Balaban J connectivity index is 2.16. The fourth-order valence-corrected chi connectivity index (χ4v) is 2.74. The molecule has 1 heterocycles. The van der Waals surface area contributed by atoms with Crippen molar-refractivity contribution in [3.05, 3.63) is 29.3 Å². The molecule has 1 aromatic rings. The first-order valence-corrected chi connectivity index (χ1v) is 7.54. The van der Waals surface area contributed by atoms with E-state index in [-0.39, 0.29) is 5.66 Å². The van der Waals surface area contributed by atoms with Crippen LogP contribution >= 0.6 is 23.8 Å². The van der Waals surface area contributed by atoms with Gasteiger partial charge in [0, 0.05) is 5.02 Å². The summed E-state index contributed by atoms with van der Waals surface area (Å²) in [6.07, 6.45) is 4.39. The van der Waals surface area contributed by atoms with Crippen molar-refractivity contribution >= 4 is 34.6 Å². The summed E-state index contributed by atoms with van der Waals surface area (Å²) in [7, 11) is 0. The van der Waals surface area contributed by atoms with Gasteiger partial charge in [0.25, 0.3) is 0 Å². The number of nitrogens with zero attached hydrogens (tertiary/aromatic N) is 1. The summed E-state index contributed by atoms with van der Waals surface area (Å²) < 4.78 is 0. The summed E-state index contributed by atoms with van der Waals surface area (Å²) in [5.41, 5.74) is 4.40. The van der Waals surface area contributed by atoms with Gasteiger partial charge in [-0.25, -0.2) is 5.43 Å². The minimum absolute atomic E-state index is 0.118. The summed E-state index contributed by atoms with van der Waals surface area (Å²) >= 11 is 11.4. The molecule has 1 saturated heterocycles. The van der Waals surface area contributed by atoms with E-state index in [9.17, 15) is 0 Å². The molecule has 1 aromatic carbocycles. The molecule has 0 aromatic heterocycles. The number of hydrogen-bond donors (Lipinski definition) is 2. The molecule has 0 unspecified atom stereocenters. The van der Waals surface area contributed by atoms with Gasteiger partial charge in [0.15, 0.2) is 5.11 Å². The summed E-state index contributed by atoms with van der Waals surface area (Å²) in [5.74, 6) is 0. The van der Waals surface area contributed by atoms with Crippen molar-refractivity contribution in [3.63, 3.8) is 0 Å². The molecule has 0 radical (unpaired) electrons. The molecule has 5 heteroatoms. The van der Waals surface area contributed by atoms with E-state index >= 15 is 0 Å². The third-order valence-electron chi connectivity index (χ3n) is 3.52. The van der Waals surface area contributed by atoms with Crippen molar-refractivity contribution in [2.45, 2.75) is 45.2 Å². The highest BCUT2D eigenvalue weighted by Crippen LogP contribution is 2.26. The van der Waals surface area contributed by atoms with Crippen LogP contribution in [0.1, 0.15) is 39.5 Å². The van der Waals surface area contributed by atoms with E-state index in [1.807, 2.05) is 29.3 Å². The first-order chi connectivity index (χ1) is 9.10. The Labute approximate surface area is 125 Å². The molecule has 3 nitrogen and oxygen atoms in total. The van der Waals surface area contributed by atoms with Gasteiger partial charge in [0.2, 0.25) is 0 Å². The van der Waals surface area contributed by atoms with Crippen molar-refractivity contribution in [1.29, 1.82) is 0 Å². The van der Waals surface area contributed by atoms with Crippen LogP contribution in [0.4, 0.5) is 5.69 Å². The lowest BCUT2D eigenvalue weighted by Gasteiger charge is -2.28. The maximum absolute atomic E-state index is 5.92. The van der Waals surface area contributed by atoms with E-state index in [0.29, 0.717) is 0 Å². The van der Waals surface area contributed by atoms with Crippen molar-refractivity contribution in [3.8, 4) is 0 Å². The van der Waals surface area contributed by atoms with Crippen LogP contribution in [-0.4, -0.2) is 10.8 Å². The molecule has 1 atom stereocenters. The first-order valence-electron chi connectivity index (χ1n) is 6.76. The molecule has 1 fully saturated rings. The monoisotopic (exact) mass is 297 g/mol. The van der Waals surface area contributed by atoms with Gasteiger partial charge in [0.1, 0.15) is 5.66 Å². The van der Waals surface area contributed by atoms with Crippen LogP contribution in [0, 0.1) is 0 Å². The fraction of sp³-hybridized carbons (Fsp3) is 0.500. The quantitative estimate of drug-likeness (QED) is 0.808. The van der Waals surface area contributed by atoms with Crippen LogP contribution in [0.3, 0.4) is 0 Å². The second kappa shape index (κ2) is 6.07. The zero-order valence-corrected chi connectivity index (χ0v) is 12.9. The number of nitrogens with one attached hydrogen (secondary N) is 2. The standard InChI is InChI=1S/C14H20ClN3S/c1-3-5-10-14(4-2)16-13(19)18(17-14)12-8-6-11(15)7-9-12/h6-9,17H,3-5,10H2,1-2H3,(H,16,19)/t14-/m1/s1. The van der Waals surface area contributed by atoms with Gasteiger partial charge in [-0.05, 0) is 55.7 Å². The minimum atomic E-state index is -0.118. The Kier molecular flexibility index (Phi) is 4.66. The lowest BCUT2D eigenvalue weighted by Crippen LogP contribution is -2.50. The maximum Gasteiger partial charge on any atom is 0.189 e. The molecule has 0 saturated carbocycles. The van der Waals surface area contributed by atoms with E-state index in [2.05, 4.69) is 24.6 Å². The van der Waals surface area contributed by atoms with Crippen LogP contribution < -0.4 is 15.8 Å². The van der Waals surface area contributed by atoms with E-state index < -0.39 is 0 Å². The number of unbranched alkanes of at least 4 members (excludes halogenated alkanes) is 1. The Bertz CT molecular complexity index is 449. The summed E-state index contributed by atoms with van der Waals surface area (Å²) in [6.45, 7) is 4.37. The molecule has 0 amide bonds. The first kappa shape index (κ1) is 14.6. The predicted octanol–water partition coefficient (Wildman–Crippen LogP) is 3.84. The third kappa shape index (κ3) is 3.19. The van der Waals surface area contributed by atoms with E-state index in [1.165, 1.54) is 12.8 Å². The average Bonchev–Trinajstić information content (AvgIpc) is 2.75. The molecule has 1 aliphatic rings. The zero-order valence-electron chi connectivity index (χ0n) is 11.4. The van der Waals surface area contributed by atoms with Gasteiger partial charge in [-0.1, -0.05) is 31.9 Å². The minimum Gasteiger partial charge on any atom is -0.342 e. The van der Waals surface area contributed by atoms with E-state index in [4.69, 9.17) is 23.8 Å². The highest BCUT2D eigenvalue weighted by Gasteiger charge is 2.38. The van der Waals surface area contributed by atoms with Crippen molar-refractivity contribution < 1.29 is 0 Å². The number of thiocarbonyl (C=S) groups is 1. The largest absolute Gasteiger partial charge is 0.342 e. The predicted molar refractivity (Wildman–Crippen MR) is 85.3 cm³/mol. The van der Waals surface area contributed by atoms with Crippen LogP contribution in [0.5, 0.6) is 0 Å². The summed E-state index contributed by atoms with van der Waals surface area (Å²) in [6, 6.07) is 7.68. The van der Waals surface area contributed by atoms with Crippen LogP contribution in [0.15, 0.2) is 24.3 Å². The number of hydrogen-bond acceptors (Lipinski definition) is 2. The maximum atomic E-state index is 5.92. The smallest absolute Gasteiger partial charge is 0.189 e. The summed E-state index contributed by atoms with van der Waals surface area (Å²) in [4.78, 5) is 0. The fourth-order valence-electron chi connectivity index (χ4n) is 2.27. The number of halogens is 1. The number of benzene rings is 1. The molecule has 19 heavy (non-hydrogen) atoms. The molecular weight excluding hydrogens is 278 g/mol. The molecule has 0 bridgehead atoms. The summed E-state index contributed by atoms with van der Waals surface area (Å²) in [5, 5.41) is 6.82. The van der Waals surface area contributed by atoms with Crippen LogP contribution in [-0.2, 0) is 0 Å². The lowest BCUT2D eigenvalue weighted by atomic mass is 10.0. The van der Waals surface area contributed by atoms with Crippen molar-refractivity contribution in [2.75, 3.05) is 5.01 Å². The Morgan fingerprint density at radius 1 is 1.26 bits per heavy atom. The van der Waals surface area contributed by atoms with Gasteiger partial charge in [-0.15, -0.1) is 0 Å². The van der Waals surface area contributed by atoms with Gasteiger partial charge in [-0.3, -0.25) is 5.01 Å². The van der Waals surface area contributed by atoms with Crippen LogP contribution in [0.2, 0.25) is 5.02 Å². The van der Waals surface area contributed by atoms with E-state index in [1.54, 1.807) is 0 Å². The third-order valence-corrected chi connectivity index (χ3v) is 4.06. The van der Waals surface area contributed by atoms with Gasteiger partial charge < -0.3 is 5.32 Å². The lowest BCUT2D eigenvalue weighted by molar-refractivity contribution is 0.294. The molecule has 1 aliphatic heterocycles.